The molecule has 1 aromatic carbocycles. The first-order chi connectivity index (χ1) is 7.47. The standard InChI is InChI=1S/C10H13NO3S2/c1-11(2)10(12)7-4-5-8(15-3)9(6-7)16(13)14/h4-6,16H,1-3H3. The van der Waals surface area contributed by atoms with E-state index in [1.807, 2.05) is 0 Å². The Morgan fingerprint density at radius 2 is 1.94 bits per heavy atom. The highest BCUT2D eigenvalue weighted by molar-refractivity contribution is 7.99. The molecular formula is C10H13NO3S2. The Hall–Kier alpha value is -1.01. The second kappa shape index (κ2) is 5.36. The van der Waals surface area contributed by atoms with Gasteiger partial charge in [-0.25, -0.2) is 8.42 Å². The maximum atomic E-state index is 11.6. The largest absolute Gasteiger partial charge is 0.345 e. The highest BCUT2D eigenvalue weighted by Crippen LogP contribution is 2.23. The van der Waals surface area contributed by atoms with E-state index in [9.17, 15) is 13.2 Å². The lowest BCUT2D eigenvalue weighted by Gasteiger charge is -2.11. The van der Waals surface area contributed by atoms with Crippen LogP contribution in [0.25, 0.3) is 0 Å². The number of nitrogens with zero attached hydrogens (tertiary/aromatic N) is 1. The van der Waals surface area contributed by atoms with E-state index in [1.54, 1.807) is 32.5 Å². The van der Waals surface area contributed by atoms with Gasteiger partial charge in [0.2, 0.25) is 0 Å². The average molecular weight is 259 g/mol. The topological polar surface area (TPSA) is 54.5 Å². The van der Waals surface area contributed by atoms with E-state index in [-0.39, 0.29) is 10.8 Å². The second-order valence-corrected chi connectivity index (χ2v) is 5.19. The van der Waals surface area contributed by atoms with Crippen LogP contribution in [0.4, 0.5) is 0 Å². The van der Waals surface area contributed by atoms with Gasteiger partial charge in [-0.15, -0.1) is 11.8 Å². The highest BCUT2D eigenvalue weighted by atomic mass is 32.2. The summed E-state index contributed by atoms with van der Waals surface area (Å²) in [5.41, 5.74) is 0.386. The van der Waals surface area contributed by atoms with Crippen LogP contribution in [0, 0.1) is 0 Å². The number of hydrogen-bond donors (Lipinski definition) is 1. The molecule has 1 amide bonds. The van der Waals surface area contributed by atoms with Crippen LogP contribution in [0.5, 0.6) is 0 Å². The molecule has 0 radical (unpaired) electrons. The molecule has 0 bridgehead atoms. The summed E-state index contributed by atoms with van der Waals surface area (Å²) >= 11 is 1.34. The van der Waals surface area contributed by atoms with Crippen LogP contribution in [0.2, 0.25) is 0 Å². The third-order valence-electron chi connectivity index (χ3n) is 2.03. The number of carbonyl (C=O) groups is 1. The van der Waals surface area contributed by atoms with Crippen LogP contribution in [0.1, 0.15) is 10.4 Å². The Balaban J connectivity index is 3.27. The molecule has 0 spiro atoms. The predicted molar refractivity (Wildman–Crippen MR) is 64.8 cm³/mol. The first-order valence-corrected chi connectivity index (χ1v) is 6.91. The van der Waals surface area contributed by atoms with Gasteiger partial charge >= 0.3 is 0 Å². The molecule has 4 nitrogen and oxygen atoms in total. The lowest BCUT2D eigenvalue weighted by Crippen LogP contribution is -2.21. The van der Waals surface area contributed by atoms with Gasteiger partial charge in [-0.2, -0.15) is 0 Å². The van der Waals surface area contributed by atoms with Crippen LogP contribution >= 0.6 is 11.8 Å². The number of hydrogen-bond acceptors (Lipinski definition) is 4. The molecule has 6 heteroatoms. The van der Waals surface area contributed by atoms with Gasteiger partial charge in [0.05, 0.1) is 4.90 Å². The minimum absolute atomic E-state index is 0.203. The van der Waals surface area contributed by atoms with Crippen LogP contribution in [-0.2, 0) is 10.7 Å². The lowest BCUT2D eigenvalue weighted by atomic mass is 10.2. The molecule has 0 aromatic heterocycles. The van der Waals surface area contributed by atoms with Crippen molar-refractivity contribution >= 4 is 28.4 Å². The van der Waals surface area contributed by atoms with Crippen molar-refractivity contribution in [1.29, 1.82) is 0 Å². The number of amides is 1. The van der Waals surface area contributed by atoms with Gasteiger partial charge in [0.25, 0.3) is 5.91 Å². The van der Waals surface area contributed by atoms with Gasteiger partial charge in [-0.1, -0.05) is 0 Å². The molecule has 0 saturated heterocycles. The van der Waals surface area contributed by atoms with Crippen molar-refractivity contribution in [2.45, 2.75) is 9.79 Å². The summed E-state index contributed by atoms with van der Waals surface area (Å²) in [6.45, 7) is 0. The maximum absolute atomic E-state index is 11.6. The van der Waals surface area contributed by atoms with E-state index >= 15 is 0 Å². The van der Waals surface area contributed by atoms with Crippen LogP contribution < -0.4 is 0 Å². The summed E-state index contributed by atoms with van der Waals surface area (Å²) in [5.74, 6) is -0.203. The monoisotopic (exact) mass is 259 g/mol. The average Bonchev–Trinajstić information content (AvgIpc) is 2.26. The van der Waals surface area contributed by atoms with Crippen LogP contribution in [0.15, 0.2) is 28.0 Å². The highest BCUT2D eigenvalue weighted by Gasteiger charge is 2.12. The van der Waals surface area contributed by atoms with Crippen molar-refractivity contribution in [2.24, 2.45) is 0 Å². The van der Waals surface area contributed by atoms with Gasteiger partial charge in [0, 0.05) is 24.6 Å². The smallest absolute Gasteiger partial charge is 0.253 e. The molecule has 0 unspecified atom stereocenters. The van der Waals surface area contributed by atoms with Crippen molar-refractivity contribution in [2.75, 3.05) is 20.4 Å². The van der Waals surface area contributed by atoms with Gasteiger partial charge in [0.1, 0.15) is 0 Å². The summed E-state index contributed by atoms with van der Waals surface area (Å²) < 4.78 is 22.0. The Bertz CT molecular complexity index is 473. The summed E-state index contributed by atoms with van der Waals surface area (Å²) in [6.07, 6.45) is 1.80. The van der Waals surface area contributed by atoms with Gasteiger partial charge in [-0.3, -0.25) is 4.79 Å². The quantitative estimate of drug-likeness (QED) is 0.652. The first kappa shape index (κ1) is 13.1. The molecule has 0 aliphatic rings. The van der Waals surface area contributed by atoms with E-state index in [4.69, 9.17) is 0 Å². The predicted octanol–water partition coefficient (Wildman–Crippen LogP) is 1.08. The van der Waals surface area contributed by atoms with E-state index in [1.165, 1.54) is 22.7 Å². The molecule has 88 valence electrons. The number of carbonyl (C=O) groups excluding carboxylic acids is 1. The molecule has 0 fully saturated rings. The summed E-state index contributed by atoms with van der Waals surface area (Å²) in [4.78, 5) is 13.9. The summed E-state index contributed by atoms with van der Waals surface area (Å²) in [6, 6.07) is 4.71. The fourth-order valence-electron chi connectivity index (χ4n) is 1.22. The molecular weight excluding hydrogens is 246 g/mol. The van der Waals surface area contributed by atoms with Crippen LogP contribution in [-0.4, -0.2) is 39.6 Å². The zero-order chi connectivity index (χ0) is 12.3. The molecule has 0 heterocycles. The molecule has 1 aromatic rings. The minimum Gasteiger partial charge on any atom is -0.345 e. The van der Waals surface area contributed by atoms with Crippen molar-refractivity contribution in [3.05, 3.63) is 23.8 Å². The molecule has 0 aliphatic carbocycles. The van der Waals surface area contributed by atoms with Crippen molar-refractivity contribution in [1.82, 2.24) is 4.90 Å². The minimum atomic E-state index is -2.67. The normalized spacial score (nSPS) is 10.5. The second-order valence-electron chi connectivity index (χ2n) is 3.34. The van der Waals surface area contributed by atoms with Crippen molar-refractivity contribution < 1.29 is 13.2 Å². The Morgan fingerprint density at radius 3 is 2.38 bits per heavy atom. The van der Waals surface area contributed by atoms with E-state index < -0.39 is 10.7 Å². The lowest BCUT2D eigenvalue weighted by molar-refractivity contribution is 0.0827. The Labute approximate surface area is 101 Å². The number of thiol groups is 1. The zero-order valence-corrected chi connectivity index (χ0v) is 11.0. The third kappa shape index (κ3) is 2.76. The summed E-state index contributed by atoms with van der Waals surface area (Å²) in [5, 5.41) is 0. The Morgan fingerprint density at radius 1 is 1.31 bits per heavy atom. The van der Waals surface area contributed by atoms with Crippen molar-refractivity contribution in [3.8, 4) is 0 Å². The first-order valence-electron chi connectivity index (χ1n) is 4.51. The number of thioether (sulfide) groups is 1. The fraction of sp³-hybridized carbons (Fsp3) is 0.300. The molecule has 0 atom stereocenters. The van der Waals surface area contributed by atoms with E-state index in [2.05, 4.69) is 0 Å². The number of rotatable bonds is 3. The van der Waals surface area contributed by atoms with Crippen molar-refractivity contribution in [3.63, 3.8) is 0 Å². The molecule has 16 heavy (non-hydrogen) atoms. The molecule has 0 N–H and O–H groups in total. The van der Waals surface area contributed by atoms with Gasteiger partial charge in [0.15, 0.2) is 10.7 Å². The van der Waals surface area contributed by atoms with E-state index in [0.29, 0.717) is 10.5 Å². The zero-order valence-electron chi connectivity index (χ0n) is 9.26. The molecule has 0 saturated carbocycles. The summed E-state index contributed by atoms with van der Waals surface area (Å²) in [7, 11) is 0.579. The van der Waals surface area contributed by atoms with Gasteiger partial charge < -0.3 is 4.90 Å². The van der Waals surface area contributed by atoms with Crippen LogP contribution in [0.3, 0.4) is 0 Å². The fourth-order valence-corrected chi connectivity index (χ4v) is 2.69. The Kier molecular flexibility index (Phi) is 4.37. The van der Waals surface area contributed by atoms with Gasteiger partial charge in [-0.05, 0) is 24.5 Å². The molecule has 1 rings (SSSR count). The molecule has 0 aliphatic heterocycles. The number of benzene rings is 1. The maximum Gasteiger partial charge on any atom is 0.253 e. The SMILES string of the molecule is CSc1ccc(C(=O)N(C)C)cc1[SH](=O)=O. The third-order valence-corrected chi connectivity index (χ3v) is 3.74. The van der Waals surface area contributed by atoms with E-state index in [0.717, 1.165) is 0 Å².